The fraction of sp³-hybridized carbons (Fsp3) is 1.00. The fourth-order valence-corrected chi connectivity index (χ4v) is 2.44. The van der Waals surface area contributed by atoms with Crippen LogP contribution >= 0.6 is 0 Å². The van der Waals surface area contributed by atoms with E-state index in [2.05, 4.69) is 46.4 Å². The van der Waals surface area contributed by atoms with E-state index in [0.717, 1.165) is 19.4 Å². The molecular weight excluding hydrogens is 208 g/mol. The van der Waals surface area contributed by atoms with Gasteiger partial charge in [0.15, 0.2) is 0 Å². The molecule has 0 saturated heterocycles. The monoisotopic (exact) mass is 242 g/mol. The van der Waals surface area contributed by atoms with E-state index in [1.54, 1.807) is 0 Å². The van der Waals surface area contributed by atoms with Crippen LogP contribution in [0.2, 0.25) is 0 Å². The van der Waals surface area contributed by atoms with Crippen molar-refractivity contribution < 1.29 is 0 Å². The fourth-order valence-electron chi connectivity index (χ4n) is 2.44. The number of nitrogens with two attached hydrogens (primary N) is 1. The molecule has 0 radical (unpaired) electrons. The Labute approximate surface area is 109 Å². The summed E-state index contributed by atoms with van der Waals surface area (Å²) >= 11 is 0. The summed E-state index contributed by atoms with van der Waals surface area (Å²) in [4.78, 5) is 2.64. The zero-order chi connectivity index (χ0) is 13.5. The van der Waals surface area contributed by atoms with Gasteiger partial charge in [-0.3, -0.25) is 4.90 Å². The molecule has 2 nitrogen and oxygen atoms in total. The molecular formula is C15H34N2. The van der Waals surface area contributed by atoms with Gasteiger partial charge in [0.25, 0.3) is 0 Å². The van der Waals surface area contributed by atoms with Gasteiger partial charge in [0.05, 0.1) is 0 Å². The number of hydrogen-bond donors (Lipinski definition) is 1. The second-order valence-electron chi connectivity index (χ2n) is 6.43. The van der Waals surface area contributed by atoms with Gasteiger partial charge in [-0.15, -0.1) is 0 Å². The summed E-state index contributed by atoms with van der Waals surface area (Å²) in [5, 5.41) is 0. The Kier molecular flexibility index (Phi) is 7.34. The molecule has 0 aromatic rings. The quantitative estimate of drug-likeness (QED) is 0.704. The van der Waals surface area contributed by atoms with Crippen LogP contribution in [0.5, 0.6) is 0 Å². The van der Waals surface area contributed by atoms with Crippen LogP contribution in [0, 0.1) is 5.41 Å². The average molecular weight is 242 g/mol. The maximum Gasteiger partial charge on any atom is 0.0326 e. The van der Waals surface area contributed by atoms with Crippen LogP contribution in [0.4, 0.5) is 0 Å². The lowest BCUT2D eigenvalue weighted by Gasteiger charge is -2.43. The summed E-state index contributed by atoms with van der Waals surface area (Å²) in [6.45, 7) is 16.9. The van der Waals surface area contributed by atoms with E-state index in [0.29, 0.717) is 5.41 Å². The maximum atomic E-state index is 6.06. The first-order valence-corrected chi connectivity index (χ1v) is 7.30. The van der Waals surface area contributed by atoms with Crippen molar-refractivity contribution in [1.82, 2.24) is 4.90 Å². The summed E-state index contributed by atoms with van der Waals surface area (Å²) in [5.74, 6) is 0. The molecule has 0 aromatic carbocycles. The lowest BCUT2D eigenvalue weighted by molar-refractivity contribution is 0.0725. The highest BCUT2D eigenvalue weighted by Gasteiger charge is 2.31. The summed E-state index contributed by atoms with van der Waals surface area (Å²) in [6.07, 6.45) is 4.77. The summed E-state index contributed by atoms with van der Waals surface area (Å²) in [5.41, 5.74) is 6.69. The molecule has 17 heavy (non-hydrogen) atoms. The SMILES string of the molecule is CCCN(CCC(C)(C)C)C(CC)(CC)CN. The van der Waals surface area contributed by atoms with Crippen molar-refractivity contribution in [2.45, 2.75) is 72.8 Å². The van der Waals surface area contributed by atoms with Crippen LogP contribution in [0.25, 0.3) is 0 Å². The zero-order valence-corrected chi connectivity index (χ0v) is 13.0. The molecule has 104 valence electrons. The lowest BCUT2D eigenvalue weighted by atomic mass is 9.87. The van der Waals surface area contributed by atoms with Crippen molar-refractivity contribution in [3.63, 3.8) is 0 Å². The first-order chi connectivity index (χ1) is 7.85. The minimum absolute atomic E-state index is 0.223. The first-order valence-electron chi connectivity index (χ1n) is 7.30. The third kappa shape index (κ3) is 5.39. The molecule has 0 bridgehead atoms. The molecule has 0 atom stereocenters. The molecule has 0 fully saturated rings. The predicted octanol–water partition coefficient (Wildman–Crippen LogP) is 3.65. The molecule has 0 aliphatic heterocycles. The van der Waals surface area contributed by atoms with E-state index in [1.807, 2.05) is 0 Å². The van der Waals surface area contributed by atoms with Crippen LogP contribution in [0.3, 0.4) is 0 Å². The molecule has 0 unspecified atom stereocenters. The van der Waals surface area contributed by atoms with Gasteiger partial charge >= 0.3 is 0 Å². The van der Waals surface area contributed by atoms with Crippen LogP contribution in [0.1, 0.15) is 67.2 Å². The minimum atomic E-state index is 0.223. The maximum absolute atomic E-state index is 6.06. The molecule has 0 rings (SSSR count). The predicted molar refractivity (Wildman–Crippen MR) is 78.3 cm³/mol. The number of nitrogens with zero attached hydrogens (tertiary/aromatic N) is 1. The van der Waals surface area contributed by atoms with Crippen molar-refractivity contribution in [3.05, 3.63) is 0 Å². The van der Waals surface area contributed by atoms with Crippen molar-refractivity contribution >= 4 is 0 Å². The van der Waals surface area contributed by atoms with Crippen molar-refractivity contribution in [3.8, 4) is 0 Å². The van der Waals surface area contributed by atoms with Crippen molar-refractivity contribution in [2.75, 3.05) is 19.6 Å². The molecule has 0 heterocycles. The van der Waals surface area contributed by atoms with E-state index in [4.69, 9.17) is 5.73 Å². The molecule has 0 amide bonds. The van der Waals surface area contributed by atoms with Crippen molar-refractivity contribution in [2.24, 2.45) is 11.1 Å². The van der Waals surface area contributed by atoms with Crippen LogP contribution in [0.15, 0.2) is 0 Å². The van der Waals surface area contributed by atoms with E-state index in [-0.39, 0.29) is 5.54 Å². The molecule has 2 N–H and O–H groups in total. The Bertz CT molecular complexity index is 181. The lowest BCUT2D eigenvalue weighted by Crippen LogP contribution is -2.54. The third-order valence-corrected chi connectivity index (χ3v) is 3.99. The van der Waals surface area contributed by atoms with Gasteiger partial charge in [0.1, 0.15) is 0 Å². The van der Waals surface area contributed by atoms with E-state index in [9.17, 15) is 0 Å². The summed E-state index contributed by atoms with van der Waals surface area (Å²) < 4.78 is 0. The highest BCUT2D eigenvalue weighted by molar-refractivity contribution is 4.90. The van der Waals surface area contributed by atoms with Gasteiger partial charge in [-0.1, -0.05) is 41.5 Å². The summed E-state index contributed by atoms with van der Waals surface area (Å²) in [7, 11) is 0. The topological polar surface area (TPSA) is 29.3 Å². The molecule has 0 aliphatic carbocycles. The average Bonchev–Trinajstić information content (AvgIpc) is 2.27. The van der Waals surface area contributed by atoms with Crippen LogP contribution in [-0.4, -0.2) is 30.1 Å². The summed E-state index contributed by atoms with van der Waals surface area (Å²) in [6, 6.07) is 0. The van der Waals surface area contributed by atoms with Crippen molar-refractivity contribution in [1.29, 1.82) is 0 Å². The standard InChI is InChI=1S/C15H34N2/c1-7-11-17(12-10-14(4,5)6)15(8-2,9-3)13-16/h7-13,16H2,1-6H3. The Hall–Kier alpha value is -0.0800. The van der Waals surface area contributed by atoms with Crippen LogP contribution < -0.4 is 5.73 Å². The van der Waals surface area contributed by atoms with Gasteiger partial charge in [0.2, 0.25) is 0 Å². The molecule has 0 aliphatic rings. The number of hydrogen-bond acceptors (Lipinski definition) is 2. The molecule has 0 spiro atoms. The Balaban J connectivity index is 4.68. The van der Waals surface area contributed by atoms with Gasteiger partial charge in [-0.05, 0) is 44.2 Å². The largest absolute Gasteiger partial charge is 0.329 e. The first kappa shape index (κ1) is 16.9. The Morgan fingerprint density at radius 2 is 1.47 bits per heavy atom. The highest BCUT2D eigenvalue weighted by Crippen LogP contribution is 2.26. The van der Waals surface area contributed by atoms with Crippen LogP contribution in [-0.2, 0) is 0 Å². The zero-order valence-electron chi connectivity index (χ0n) is 13.0. The van der Waals surface area contributed by atoms with E-state index in [1.165, 1.54) is 25.9 Å². The number of rotatable bonds is 8. The van der Waals surface area contributed by atoms with Gasteiger partial charge < -0.3 is 5.73 Å². The molecule has 0 aromatic heterocycles. The minimum Gasteiger partial charge on any atom is -0.329 e. The Morgan fingerprint density at radius 3 is 1.76 bits per heavy atom. The second kappa shape index (κ2) is 7.38. The third-order valence-electron chi connectivity index (χ3n) is 3.99. The van der Waals surface area contributed by atoms with E-state index < -0.39 is 0 Å². The van der Waals surface area contributed by atoms with Gasteiger partial charge in [-0.2, -0.15) is 0 Å². The van der Waals surface area contributed by atoms with Gasteiger partial charge in [0, 0.05) is 12.1 Å². The van der Waals surface area contributed by atoms with E-state index >= 15 is 0 Å². The smallest absolute Gasteiger partial charge is 0.0326 e. The van der Waals surface area contributed by atoms with Gasteiger partial charge in [-0.25, -0.2) is 0 Å². The molecule has 0 saturated carbocycles. The Morgan fingerprint density at radius 1 is 0.941 bits per heavy atom. The molecule has 2 heteroatoms. The normalized spacial score (nSPS) is 13.4. The second-order valence-corrected chi connectivity index (χ2v) is 6.43. The highest BCUT2D eigenvalue weighted by atomic mass is 15.2.